The lowest BCUT2D eigenvalue weighted by Crippen LogP contribution is -2.42. The van der Waals surface area contributed by atoms with Crippen LogP contribution in [0.25, 0.3) is 11.1 Å². The van der Waals surface area contributed by atoms with E-state index in [0.717, 1.165) is 0 Å². The third-order valence-corrected chi connectivity index (χ3v) is 2.25. The maximum absolute atomic E-state index is 8.07. The third-order valence-electron chi connectivity index (χ3n) is 1.49. The monoisotopic (exact) mass is 256 g/mol. The van der Waals surface area contributed by atoms with Crippen LogP contribution in [-0.4, -0.2) is 25.1 Å². The minimum Gasteiger partial charge on any atom is -0.340 e. The van der Waals surface area contributed by atoms with Gasteiger partial charge in [0.1, 0.15) is 0 Å². The summed E-state index contributed by atoms with van der Waals surface area (Å²) in [6.07, 6.45) is 0. The van der Waals surface area contributed by atoms with Gasteiger partial charge < -0.3 is 15.3 Å². The van der Waals surface area contributed by atoms with E-state index in [2.05, 4.69) is 24.3 Å². The predicted octanol–water partition coefficient (Wildman–Crippen LogP) is 1.65. The Morgan fingerprint density at radius 3 is 1.36 bits per heavy atom. The molecule has 0 fully saturated rings. The second-order valence-corrected chi connectivity index (χ2v) is 5.00. The van der Waals surface area contributed by atoms with Gasteiger partial charge in [-0.05, 0) is 17.2 Å². The van der Waals surface area contributed by atoms with Crippen LogP contribution >= 0.6 is 34.8 Å². The number of rotatable bonds is 0. The first-order chi connectivity index (χ1) is 6.22. The van der Waals surface area contributed by atoms with E-state index in [9.17, 15) is 0 Å². The summed E-state index contributed by atoms with van der Waals surface area (Å²) in [5.74, 6) is -3.27. The fraction of sp³-hybridized carbons (Fsp3) is 0.250. The zero-order chi connectivity index (χ0) is 11.0. The lowest BCUT2D eigenvalue weighted by Gasteiger charge is -2.21. The van der Waals surface area contributed by atoms with Gasteiger partial charge in [-0.25, -0.2) is 0 Å². The van der Waals surface area contributed by atoms with E-state index >= 15 is 0 Å². The molecule has 6 heteroatoms. The van der Waals surface area contributed by atoms with Gasteiger partial charge in [0.15, 0.2) is 0 Å². The minimum absolute atomic E-state index is 1.43. The molecule has 0 aromatic heterocycles. The Kier molecular flexibility index (Phi) is 3.31. The Morgan fingerprint density at radius 1 is 0.929 bits per heavy atom. The molecular formula is C8H7Cl3O3. The van der Waals surface area contributed by atoms with Crippen LogP contribution in [0.1, 0.15) is 0 Å². The summed E-state index contributed by atoms with van der Waals surface area (Å²) >= 11 is 14.4. The highest BCUT2D eigenvalue weighted by atomic mass is 35.6. The number of hydrogen-bond acceptors (Lipinski definition) is 3. The van der Waals surface area contributed by atoms with Gasteiger partial charge in [-0.2, -0.15) is 0 Å². The average Bonchev–Trinajstić information content (AvgIpc) is 2.56. The molecule has 0 unspecified atom stereocenters. The molecule has 2 rings (SSSR count). The minimum atomic E-state index is -3.27. The van der Waals surface area contributed by atoms with Crippen molar-refractivity contribution in [2.24, 2.45) is 0 Å². The van der Waals surface area contributed by atoms with Gasteiger partial charge in [0.25, 0.3) is 3.79 Å². The predicted molar refractivity (Wildman–Crippen MR) is 55.1 cm³/mol. The molecule has 78 valence electrons. The summed E-state index contributed by atoms with van der Waals surface area (Å²) in [6.45, 7) is 0. The molecule has 2 aliphatic carbocycles. The van der Waals surface area contributed by atoms with E-state index in [1.165, 1.54) is 11.1 Å². The molecule has 0 aromatic carbocycles. The smallest absolute Gasteiger partial charge is 0.325 e. The van der Waals surface area contributed by atoms with Crippen molar-refractivity contribution < 1.29 is 15.3 Å². The summed E-state index contributed by atoms with van der Waals surface area (Å²) in [5, 5.41) is 24.2. The normalized spacial score (nSPS) is 13.0. The van der Waals surface area contributed by atoms with Crippen LogP contribution in [0.3, 0.4) is 0 Å². The Hall–Kier alpha value is -0.0300. The first-order valence-electron chi connectivity index (χ1n) is 3.56. The fourth-order valence-corrected chi connectivity index (χ4v) is 0.676. The molecule has 0 aromatic rings. The summed E-state index contributed by atoms with van der Waals surface area (Å²) in [6, 6.07) is 8.48. The lowest BCUT2D eigenvalue weighted by atomic mass is 10.6. The van der Waals surface area contributed by atoms with Gasteiger partial charge in [0.2, 0.25) is 0 Å². The molecule has 0 saturated heterocycles. The van der Waals surface area contributed by atoms with Crippen molar-refractivity contribution >= 4 is 34.8 Å². The number of aliphatic hydroxyl groups is 3. The zero-order valence-electron chi connectivity index (χ0n) is 6.78. The molecule has 0 aliphatic heterocycles. The maximum atomic E-state index is 8.07. The highest BCUT2D eigenvalue weighted by molar-refractivity contribution is 6.68. The Balaban J connectivity index is 0.000000143. The Bertz CT molecular complexity index is 298. The van der Waals surface area contributed by atoms with Gasteiger partial charge in [0, 0.05) is 0 Å². The molecule has 0 atom stereocenters. The number of halogens is 3. The summed E-state index contributed by atoms with van der Waals surface area (Å²) in [7, 11) is 0. The standard InChI is InChI=1S/C6H4.C2H3Cl3O3/c1-2-5-4-6(5)3-1;3-1(4,5)2(6,7)8/h1-4H;6-8H. The molecule has 14 heavy (non-hydrogen) atoms. The van der Waals surface area contributed by atoms with Gasteiger partial charge in [0.05, 0.1) is 0 Å². The first-order valence-corrected chi connectivity index (χ1v) is 4.69. The van der Waals surface area contributed by atoms with Crippen LogP contribution in [0.15, 0.2) is 24.3 Å². The van der Waals surface area contributed by atoms with E-state index in [1.54, 1.807) is 0 Å². The molecule has 0 saturated carbocycles. The quantitative estimate of drug-likeness (QED) is 0.497. The van der Waals surface area contributed by atoms with Crippen LogP contribution < -0.4 is 0 Å². The van der Waals surface area contributed by atoms with Crippen molar-refractivity contribution in [2.45, 2.75) is 9.77 Å². The lowest BCUT2D eigenvalue weighted by molar-refractivity contribution is -0.307. The largest absolute Gasteiger partial charge is 0.340 e. The third kappa shape index (κ3) is 3.28. The van der Waals surface area contributed by atoms with Crippen molar-refractivity contribution in [1.29, 1.82) is 0 Å². The summed E-state index contributed by atoms with van der Waals surface area (Å²) < 4.78 is -2.48. The van der Waals surface area contributed by atoms with E-state index in [-0.39, 0.29) is 0 Å². The molecule has 3 N–H and O–H groups in total. The van der Waals surface area contributed by atoms with Gasteiger partial charge in [-0.1, -0.05) is 53.0 Å². The molecule has 2 aliphatic rings. The fourth-order valence-electron chi connectivity index (χ4n) is 0.676. The van der Waals surface area contributed by atoms with Crippen molar-refractivity contribution in [3.05, 3.63) is 24.3 Å². The topological polar surface area (TPSA) is 60.7 Å². The highest BCUT2D eigenvalue weighted by Gasteiger charge is 2.44. The first kappa shape index (κ1) is 12.0. The second-order valence-electron chi connectivity index (χ2n) is 2.71. The van der Waals surface area contributed by atoms with E-state index < -0.39 is 9.77 Å². The van der Waals surface area contributed by atoms with Crippen LogP contribution in [0.4, 0.5) is 0 Å². The summed E-state index contributed by atoms with van der Waals surface area (Å²) in [4.78, 5) is 0. The van der Waals surface area contributed by atoms with Crippen molar-refractivity contribution in [2.75, 3.05) is 0 Å². The number of hydrogen-bond donors (Lipinski definition) is 3. The van der Waals surface area contributed by atoms with Crippen LogP contribution in [0.2, 0.25) is 0 Å². The maximum Gasteiger partial charge on any atom is 0.325 e. The van der Waals surface area contributed by atoms with Crippen LogP contribution in [0.5, 0.6) is 0 Å². The van der Waals surface area contributed by atoms with Gasteiger partial charge in [-0.15, -0.1) is 0 Å². The number of benzene rings is 1. The molecule has 0 amide bonds. The molecule has 0 spiro atoms. The Labute approximate surface area is 95.5 Å². The van der Waals surface area contributed by atoms with Crippen molar-refractivity contribution in [1.82, 2.24) is 0 Å². The van der Waals surface area contributed by atoms with E-state index in [1.807, 2.05) is 0 Å². The average molecular weight is 258 g/mol. The van der Waals surface area contributed by atoms with Gasteiger partial charge >= 0.3 is 5.97 Å². The Morgan fingerprint density at radius 2 is 1.29 bits per heavy atom. The van der Waals surface area contributed by atoms with Crippen LogP contribution in [-0.2, 0) is 0 Å². The van der Waals surface area contributed by atoms with Gasteiger partial charge in [-0.3, -0.25) is 0 Å². The molecular weight excluding hydrogens is 250 g/mol. The second kappa shape index (κ2) is 3.85. The number of fused-ring (bicyclic) bond motifs is 1. The molecule has 0 bridgehead atoms. The van der Waals surface area contributed by atoms with E-state index in [4.69, 9.17) is 50.1 Å². The SMILES string of the molecule is OC(O)(O)C(Cl)(Cl)Cl.c1cc2cc-2c1. The van der Waals surface area contributed by atoms with Crippen molar-refractivity contribution in [3.63, 3.8) is 0 Å². The molecule has 3 nitrogen and oxygen atoms in total. The molecule has 0 radical (unpaired) electrons. The molecule has 0 heterocycles. The van der Waals surface area contributed by atoms with Crippen molar-refractivity contribution in [3.8, 4) is 11.1 Å². The zero-order valence-corrected chi connectivity index (χ0v) is 9.05. The summed E-state index contributed by atoms with van der Waals surface area (Å²) in [5.41, 5.74) is 2.85. The van der Waals surface area contributed by atoms with Crippen LogP contribution in [0, 0.1) is 0 Å². The number of alkyl halides is 3. The highest BCUT2D eigenvalue weighted by Crippen LogP contribution is 2.34. The van der Waals surface area contributed by atoms with E-state index in [0.29, 0.717) is 0 Å².